The summed E-state index contributed by atoms with van der Waals surface area (Å²) in [4.78, 5) is 1.92. The van der Waals surface area contributed by atoms with Crippen molar-refractivity contribution in [1.29, 1.82) is 0 Å². The van der Waals surface area contributed by atoms with E-state index in [0.717, 1.165) is 5.76 Å². The van der Waals surface area contributed by atoms with Crippen LogP contribution in [0.15, 0.2) is 22.8 Å². The molecule has 0 saturated carbocycles. The molecule has 0 aliphatic rings. The average molecular weight is 217 g/mol. The maximum absolute atomic E-state index is 10.9. The minimum absolute atomic E-state index is 0.185. The van der Waals surface area contributed by atoms with E-state index < -0.39 is 9.84 Å². The van der Waals surface area contributed by atoms with Gasteiger partial charge in [-0.2, -0.15) is 0 Å². The molecule has 0 atom stereocenters. The van der Waals surface area contributed by atoms with Crippen LogP contribution in [-0.4, -0.2) is 38.9 Å². The molecule has 14 heavy (non-hydrogen) atoms. The summed E-state index contributed by atoms with van der Waals surface area (Å²) in [6.07, 6.45) is 2.85. The van der Waals surface area contributed by atoms with Gasteiger partial charge in [0.2, 0.25) is 0 Å². The number of hydrogen-bond acceptors (Lipinski definition) is 4. The Bertz CT molecular complexity index is 355. The predicted octanol–water partition coefficient (Wildman–Crippen LogP) is 0.756. The van der Waals surface area contributed by atoms with E-state index >= 15 is 0 Å². The smallest absolute Gasteiger partial charge is 0.148 e. The van der Waals surface area contributed by atoms with Crippen LogP contribution in [0.5, 0.6) is 0 Å². The van der Waals surface area contributed by atoms with E-state index in [1.54, 1.807) is 6.26 Å². The average Bonchev–Trinajstić information content (AvgIpc) is 2.52. The van der Waals surface area contributed by atoms with Crippen LogP contribution < -0.4 is 0 Å². The number of nitrogens with zero attached hydrogens (tertiary/aromatic N) is 1. The lowest BCUT2D eigenvalue weighted by Crippen LogP contribution is -2.24. The lowest BCUT2D eigenvalue weighted by Gasteiger charge is -2.13. The van der Waals surface area contributed by atoms with Gasteiger partial charge in [-0.05, 0) is 19.2 Å². The van der Waals surface area contributed by atoms with E-state index in [2.05, 4.69) is 0 Å². The molecule has 0 aromatic carbocycles. The molecule has 0 N–H and O–H groups in total. The van der Waals surface area contributed by atoms with Crippen molar-refractivity contribution < 1.29 is 12.8 Å². The van der Waals surface area contributed by atoms with Crippen molar-refractivity contribution in [2.45, 2.75) is 6.54 Å². The van der Waals surface area contributed by atoms with Crippen LogP contribution in [0.4, 0.5) is 0 Å². The van der Waals surface area contributed by atoms with Crippen molar-refractivity contribution in [3.05, 3.63) is 24.2 Å². The Labute approximate surface area is 84.4 Å². The molecular weight excluding hydrogens is 202 g/mol. The highest BCUT2D eigenvalue weighted by Gasteiger charge is 2.06. The Morgan fingerprint density at radius 2 is 2.21 bits per heavy atom. The van der Waals surface area contributed by atoms with Crippen LogP contribution in [0.1, 0.15) is 5.76 Å². The second-order valence-electron chi connectivity index (χ2n) is 3.45. The number of sulfone groups is 1. The third-order valence-corrected chi connectivity index (χ3v) is 2.77. The van der Waals surface area contributed by atoms with Crippen molar-refractivity contribution in [3.8, 4) is 0 Å². The van der Waals surface area contributed by atoms with E-state index in [4.69, 9.17) is 4.42 Å². The van der Waals surface area contributed by atoms with Crippen molar-refractivity contribution in [3.63, 3.8) is 0 Å². The van der Waals surface area contributed by atoms with Gasteiger partial charge < -0.3 is 4.42 Å². The Morgan fingerprint density at radius 1 is 1.50 bits per heavy atom. The van der Waals surface area contributed by atoms with E-state index in [1.165, 1.54) is 6.26 Å². The topological polar surface area (TPSA) is 50.5 Å². The molecule has 0 aliphatic carbocycles. The summed E-state index contributed by atoms with van der Waals surface area (Å²) in [5.41, 5.74) is 0. The molecule has 0 radical (unpaired) electrons. The van der Waals surface area contributed by atoms with Crippen LogP contribution in [0, 0.1) is 0 Å². The summed E-state index contributed by atoms with van der Waals surface area (Å²) in [5.74, 6) is 1.03. The number of hydrogen-bond donors (Lipinski definition) is 0. The maximum atomic E-state index is 10.9. The molecule has 0 aliphatic heterocycles. The first-order chi connectivity index (χ1) is 6.47. The lowest BCUT2D eigenvalue weighted by molar-refractivity contribution is 0.310. The van der Waals surface area contributed by atoms with Gasteiger partial charge in [0.05, 0.1) is 18.6 Å². The fourth-order valence-corrected chi connectivity index (χ4v) is 1.71. The second kappa shape index (κ2) is 4.61. The Morgan fingerprint density at radius 3 is 2.71 bits per heavy atom. The molecule has 0 saturated heterocycles. The van der Waals surface area contributed by atoms with Crippen molar-refractivity contribution in [1.82, 2.24) is 4.90 Å². The first kappa shape index (κ1) is 11.3. The summed E-state index contributed by atoms with van der Waals surface area (Å²) in [7, 11) is -1.00. The largest absolute Gasteiger partial charge is 0.468 e. The predicted molar refractivity (Wildman–Crippen MR) is 54.8 cm³/mol. The molecule has 0 bridgehead atoms. The van der Waals surface area contributed by atoms with Crippen LogP contribution in [0.3, 0.4) is 0 Å². The van der Waals surface area contributed by atoms with Crippen molar-refractivity contribution in [2.75, 3.05) is 25.6 Å². The van der Waals surface area contributed by atoms with Gasteiger partial charge in [0, 0.05) is 12.8 Å². The molecule has 0 spiro atoms. The van der Waals surface area contributed by atoms with E-state index in [9.17, 15) is 8.42 Å². The van der Waals surface area contributed by atoms with Gasteiger partial charge in [-0.25, -0.2) is 8.42 Å². The van der Waals surface area contributed by atoms with Crippen LogP contribution >= 0.6 is 0 Å². The molecule has 4 nitrogen and oxygen atoms in total. The van der Waals surface area contributed by atoms with Gasteiger partial charge in [-0.15, -0.1) is 0 Å². The molecule has 1 aromatic rings. The third kappa shape index (κ3) is 4.43. The van der Waals surface area contributed by atoms with Gasteiger partial charge in [-0.1, -0.05) is 0 Å². The van der Waals surface area contributed by atoms with Crippen molar-refractivity contribution in [2.24, 2.45) is 0 Å². The van der Waals surface area contributed by atoms with E-state index in [0.29, 0.717) is 13.1 Å². The fraction of sp³-hybridized carbons (Fsp3) is 0.556. The first-order valence-corrected chi connectivity index (χ1v) is 6.42. The molecule has 1 aromatic heterocycles. The number of furan rings is 1. The van der Waals surface area contributed by atoms with Crippen LogP contribution in [-0.2, 0) is 16.4 Å². The van der Waals surface area contributed by atoms with Gasteiger partial charge >= 0.3 is 0 Å². The SMILES string of the molecule is CN(CCS(C)(=O)=O)Cc1ccco1. The molecule has 5 heteroatoms. The van der Waals surface area contributed by atoms with E-state index in [-0.39, 0.29) is 5.75 Å². The zero-order chi connectivity index (χ0) is 10.6. The van der Waals surface area contributed by atoms with Gasteiger partial charge in [-0.3, -0.25) is 4.90 Å². The standard InChI is InChI=1S/C9H15NO3S/c1-10(5-7-14(2,11)12)8-9-4-3-6-13-9/h3-4,6H,5,7-8H2,1-2H3. The number of rotatable bonds is 5. The lowest BCUT2D eigenvalue weighted by atomic mass is 10.4. The summed E-state index contributed by atoms with van der Waals surface area (Å²) in [6, 6.07) is 3.69. The highest BCUT2D eigenvalue weighted by Crippen LogP contribution is 2.03. The second-order valence-corrected chi connectivity index (χ2v) is 5.71. The van der Waals surface area contributed by atoms with Gasteiger partial charge in [0.15, 0.2) is 0 Å². The third-order valence-electron chi connectivity index (χ3n) is 1.85. The molecule has 0 unspecified atom stereocenters. The summed E-state index contributed by atoms with van der Waals surface area (Å²) in [6.45, 7) is 1.17. The highest BCUT2D eigenvalue weighted by atomic mass is 32.2. The molecule has 80 valence electrons. The Hall–Kier alpha value is -0.810. The monoisotopic (exact) mass is 217 g/mol. The fourth-order valence-electron chi connectivity index (χ4n) is 1.07. The van der Waals surface area contributed by atoms with E-state index in [1.807, 2.05) is 24.1 Å². The Kier molecular flexibility index (Phi) is 3.71. The zero-order valence-electron chi connectivity index (χ0n) is 8.43. The first-order valence-electron chi connectivity index (χ1n) is 4.36. The molecular formula is C9H15NO3S. The highest BCUT2D eigenvalue weighted by molar-refractivity contribution is 7.90. The summed E-state index contributed by atoms with van der Waals surface area (Å²) in [5, 5.41) is 0. The van der Waals surface area contributed by atoms with Gasteiger partial charge in [0.1, 0.15) is 15.6 Å². The molecule has 0 fully saturated rings. The minimum atomic E-state index is -2.87. The maximum Gasteiger partial charge on any atom is 0.148 e. The normalized spacial score (nSPS) is 12.2. The molecule has 1 heterocycles. The van der Waals surface area contributed by atoms with Crippen molar-refractivity contribution >= 4 is 9.84 Å². The minimum Gasteiger partial charge on any atom is -0.468 e. The van der Waals surface area contributed by atoms with Gasteiger partial charge in [0.25, 0.3) is 0 Å². The van der Waals surface area contributed by atoms with Crippen LogP contribution in [0.2, 0.25) is 0 Å². The van der Waals surface area contributed by atoms with Crippen LogP contribution in [0.25, 0.3) is 0 Å². The summed E-state index contributed by atoms with van der Waals surface area (Å²) < 4.78 is 26.9. The summed E-state index contributed by atoms with van der Waals surface area (Å²) >= 11 is 0. The molecule has 0 amide bonds. The quantitative estimate of drug-likeness (QED) is 0.730. The Balaban J connectivity index is 2.33. The molecule has 1 rings (SSSR count). The zero-order valence-corrected chi connectivity index (χ0v) is 9.25.